The zero-order valence-corrected chi connectivity index (χ0v) is 15.7. The van der Waals surface area contributed by atoms with Gasteiger partial charge >= 0.3 is 5.76 Å². The maximum absolute atomic E-state index is 13.0. The second kappa shape index (κ2) is 6.95. The van der Waals surface area contributed by atoms with Gasteiger partial charge in [0, 0.05) is 38.3 Å². The second-order valence-corrected chi connectivity index (χ2v) is 8.57. The van der Waals surface area contributed by atoms with Crippen molar-refractivity contribution in [2.24, 2.45) is 0 Å². The molecule has 2 aromatic heterocycles. The van der Waals surface area contributed by atoms with Crippen LogP contribution < -0.4 is 5.76 Å². The van der Waals surface area contributed by atoms with Crippen molar-refractivity contribution in [2.45, 2.75) is 24.8 Å². The standard InChI is InChI=1S/C17H20N4O5S/c1-12-9-13(19-26-12)11-20-5-2-6-21(8-7-20)27(23,24)14-3-4-15-16(10-14)25-17(22)18-15/h3-4,9-10H,2,5-8,11H2,1H3,(H,18,22). The lowest BCUT2D eigenvalue weighted by Gasteiger charge is -2.21. The molecule has 1 N–H and O–H groups in total. The van der Waals surface area contributed by atoms with Crippen LogP contribution in [0.2, 0.25) is 0 Å². The largest absolute Gasteiger partial charge is 0.417 e. The fraction of sp³-hybridized carbons (Fsp3) is 0.412. The predicted octanol–water partition coefficient (Wildman–Crippen LogP) is 1.31. The number of aromatic amines is 1. The maximum Gasteiger partial charge on any atom is 0.417 e. The molecular formula is C17H20N4O5S. The SMILES string of the molecule is Cc1cc(CN2CCCN(S(=O)(=O)c3ccc4[nH]c(=O)oc4c3)CC2)no1. The lowest BCUT2D eigenvalue weighted by Crippen LogP contribution is -2.35. The van der Waals surface area contributed by atoms with E-state index in [1.165, 1.54) is 16.4 Å². The Bertz CT molecular complexity index is 1110. The van der Waals surface area contributed by atoms with Crippen LogP contribution in [0.1, 0.15) is 17.9 Å². The highest BCUT2D eigenvalue weighted by Gasteiger charge is 2.27. The molecule has 9 nitrogen and oxygen atoms in total. The van der Waals surface area contributed by atoms with Gasteiger partial charge in [0.2, 0.25) is 10.0 Å². The van der Waals surface area contributed by atoms with E-state index >= 15 is 0 Å². The summed E-state index contributed by atoms with van der Waals surface area (Å²) < 4.78 is 37.6. The van der Waals surface area contributed by atoms with Crippen molar-refractivity contribution in [2.75, 3.05) is 26.2 Å². The third-order valence-corrected chi connectivity index (χ3v) is 6.53. The number of hydrogen-bond donors (Lipinski definition) is 1. The number of oxazole rings is 1. The molecule has 4 rings (SSSR count). The minimum atomic E-state index is -3.66. The Labute approximate surface area is 155 Å². The van der Waals surface area contributed by atoms with Gasteiger partial charge < -0.3 is 8.94 Å². The Hall–Kier alpha value is -2.43. The van der Waals surface area contributed by atoms with Gasteiger partial charge in [-0.3, -0.25) is 9.88 Å². The molecule has 0 radical (unpaired) electrons. The van der Waals surface area contributed by atoms with Gasteiger partial charge in [0.1, 0.15) is 5.76 Å². The minimum Gasteiger partial charge on any atom is -0.408 e. The number of hydrogen-bond acceptors (Lipinski definition) is 7. The highest BCUT2D eigenvalue weighted by molar-refractivity contribution is 7.89. The van der Waals surface area contributed by atoms with Crippen LogP contribution in [0.25, 0.3) is 11.1 Å². The van der Waals surface area contributed by atoms with Crippen LogP contribution >= 0.6 is 0 Å². The number of benzene rings is 1. The van der Waals surface area contributed by atoms with E-state index in [0.29, 0.717) is 31.7 Å². The lowest BCUT2D eigenvalue weighted by molar-refractivity contribution is 0.268. The maximum atomic E-state index is 13.0. The average Bonchev–Trinajstić information content (AvgIpc) is 3.11. The Morgan fingerprint density at radius 3 is 2.81 bits per heavy atom. The van der Waals surface area contributed by atoms with Gasteiger partial charge in [-0.25, -0.2) is 13.2 Å². The van der Waals surface area contributed by atoms with Crippen LogP contribution in [0.4, 0.5) is 0 Å². The third-order valence-electron chi connectivity index (χ3n) is 4.64. The van der Waals surface area contributed by atoms with Gasteiger partial charge in [0.15, 0.2) is 5.58 Å². The van der Waals surface area contributed by atoms with E-state index < -0.39 is 15.8 Å². The Morgan fingerprint density at radius 1 is 1.19 bits per heavy atom. The van der Waals surface area contributed by atoms with Gasteiger partial charge in [-0.15, -0.1) is 0 Å². The normalized spacial score (nSPS) is 17.4. The van der Waals surface area contributed by atoms with E-state index in [0.717, 1.165) is 24.4 Å². The zero-order valence-electron chi connectivity index (χ0n) is 14.8. The fourth-order valence-corrected chi connectivity index (χ4v) is 4.79. The van der Waals surface area contributed by atoms with Crippen LogP contribution in [0.3, 0.4) is 0 Å². The molecule has 3 aromatic rings. The highest BCUT2D eigenvalue weighted by atomic mass is 32.2. The molecule has 0 saturated carbocycles. The Kier molecular flexibility index (Phi) is 4.62. The van der Waals surface area contributed by atoms with Crippen molar-refractivity contribution < 1.29 is 17.4 Å². The number of fused-ring (bicyclic) bond motifs is 1. The number of H-pyrrole nitrogens is 1. The second-order valence-electron chi connectivity index (χ2n) is 6.64. The number of aromatic nitrogens is 2. The van der Waals surface area contributed by atoms with Crippen LogP contribution in [-0.2, 0) is 16.6 Å². The zero-order chi connectivity index (χ0) is 19.0. The summed E-state index contributed by atoms with van der Waals surface area (Å²) in [7, 11) is -3.66. The Balaban J connectivity index is 1.50. The first-order chi connectivity index (χ1) is 12.9. The van der Waals surface area contributed by atoms with Gasteiger partial charge in [-0.05, 0) is 32.0 Å². The smallest absolute Gasteiger partial charge is 0.408 e. The lowest BCUT2D eigenvalue weighted by atomic mass is 10.3. The van der Waals surface area contributed by atoms with Gasteiger partial charge in [0.25, 0.3) is 0 Å². The first-order valence-electron chi connectivity index (χ1n) is 8.69. The van der Waals surface area contributed by atoms with Crippen LogP contribution in [0.5, 0.6) is 0 Å². The molecule has 1 aromatic carbocycles. The molecule has 27 heavy (non-hydrogen) atoms. The molecule has 0 aliphatic carbocycles. The molecule has 0 spiro atoms. The number of sulfonamides is 1. The summed E-state index contributed by atoms with van der Waals surface area (Å²) >= 11 is 0. The summed E-state index contributed by atoms with van der Waals surface area (Å²) in [5.74, 6) is 0.156. The van der Waals surface area contributed by atoms with Crippen molar-refractivity contribution in [1.82, 2.24) is 19.3 Å². The van der Waals surface area contributed by atoms with E-state index in [1.807, 2.05) is 13.0 Å². The minimum absolute atomic E-state index is 0.123. The van der Waals surface area contributed by atoms with Crippen LogP contribution in [0.15, 0.2) is 42.9 Å². The van der Waals surface area contributed by atoms with Gasteiger partial charge in [-0.2, -0.15) is 4.31 Å². The summed E-state index contributed by atoms with van der Waals surface area (Å²) in [5.41, 5.74) is 1.56. The fourth-order valence-electron chi connectivity index (χ4n) is 3.30. The van der Waals surface area contributed by atoms with Crippen LogP contribution in [0, 0.1) is 6.92 Å². The van der Waals surface area contributed by atoms with Crippen molar-refractivity contribution in [3.05, 3.63) is 46.3 Å². The van der Waals surface area contributed by atoms with E-state index in [1.54, 1.807) is 6.07 Å². The van der Waals surface area contributed by atoms with E-state index in [9.17, 15) is 13.2 Å². The third kappa shape index (κ3) is 3.68. The summed E-state index contributed by atoms with van der Waals surface area (Å²) in [5, 5.41) is 4.00. The quantitative estimate of drug-likeness (QED) is 0.712. The highest BCUT2D eigenvalue weighted by Crippen LogP contribution is 2.22. The first-order valence-corrected chi connectivity index (χ1v) is 10.1. The molecular weight excluding hydrogens is 372 g/mol. The van der Waals surface area contributed by atoms with Gasteiger partial charge in [0.05, 0.1) is 16.1 Å². The molecule has 3 heterocycles. The molecule has 1 aliphatic heterocycles. The first kappa shape index (κ1) is 18.0. The van der Waals surface area contributed by atoms with Crippen molar-refractivity contribution in [1.29, 1.82) is 0 Å². The van der Waals surface area contributed by atoms with Crippen molar-refractivity contribution >= 4 is 21.1 Å². The monoisotopic (exact) mass is 392 g/mol. The molecule has 0 atom stereocenters. The van der Waals surface area contributed by atoms with E-state index in [4.69, 9.17) is 8.94 Å². The number of aryl methyl sites for hydroxylation is 1. The molecule has 0 unspecified atom stereocenters. The van der Waals surface area contributed by atoms with Crippen LogP contribution in [-0.4, -0.2) is 53.9 Å². The Morgan fingerprint density at radius 2 is 2.04 bits per heavy atom. The van der Waals surface area contributed by atoms with Crippen molar-refractivity contribution in [3.63, 3.8) is 0 Å². The number of rotatable bonds is 4. The molecule has 1 aliphatic rings. The number of nitrogens with one attached hydrogen (secondary N) is 1. The molecule has 1 fully saturated rings. The topological polar surface area (TPSA) is 113 Å². The molecule has 0 bridgehead atoms. The average molecular weight is 392 g/mol. The summed E-state index contributed by atoms with van der Waals surface area (Å²) in [6.07, 6.45) is 0.720. The van der Waals surface area contributed by atoms with Gasteiger partial charge in [-0.1, -0.05) is 5.16 Å². The van der Waals surface area contributed by atoms with Crippen molar-refractivity contribution in [3.8, 4) is 0 Å². The number of nitrogens with zero attached hydrogens (tertiary/aromatic N) is 3. The molecule has 144 valence electrons. The molecule has 10 heteroatoms. The van der Waals surface area contributed by atoms with E-state index in [2.05, 4.69) is 15.0 Å². The summed E-state index contributed by atoms with van der Waals surface area (Å²) in [6, 6.07) is 6.32. The van der Waals surface area contributed by atoms with E-state index in [-0.39, 0.29) is 10.5 Å². The molecule has 0 amide bonds. The predicted molar refractivity (Wildman–Crippen MR) is 96.7 cm³/mol. The summed E-state index contributed by atoms with van der Waals surface area (Å²) in [6.45, 7) is 4.68. The summed E-state index contributed by atoms with van der Waals surface area (Å²) in [4.78, 5) is 16.1. The molecule has 1 saturated heterocycles.